The van der Waals surface area contributed by atoms with E-state index in [0.717, 1.165) is 16.9 Å². The maximum absolute atomic E-state index is 12.9. The number of alkyl halides is 3. The van der Waals surface area contributed by atoms with Gasteiger partial charge in [0.15, 0.2) is 0 Å². The first-order valence-electron chi connectivity index (χ1n) is 7.05. The fraction of sp³-hybridized carbons (Fsp3) is 0.312. The molecule has 1 N–H and O–H groups in total. The summed E-state index contributed by atoms with van der Waals surface area (Å²) in [6.07, 6.45) is -3.53. The summed E-state index contributed by atoms with van der Waals surface area (Å²) in [4.78, 5) is 16.0. The molecular formula is C16H14F3N3O3. The summed E-state index contributed by atoms with van der Waals surface area (Å²) < 4.78 is 44.8. The normalized spacial score (nSPS) is 11.1. The highest BCUT2D eigenvalue weighted by atomic mass is 19.4. The minimum Gasteiger partial charge on any atom is -0.493 e. The van der Waals surface area contributed by atoms with Crippen LogP contribution >= 0.6 is 0 Å². The number of hydrogen-bond donors (Lipinski definition) is 1. The fourth-order valence-electron chi connectivity index (χ4n) is 1.98. The van der Waals surface area contributed by atoms with Gasteiger partial charge < -0.3 is 9.84 Å². The van der Waals surface area contributed by atoms with E-state index in [-0.39, 0.29) is 30.0 Å². The molecule has 6 nitrogen and oxygen atoms in total. The van der Waals surface area contributed by atoms with Crippen LogP contribution in [-0.2, 0) is 24.6 Å². The molecule has 0 aliphatic carbocycles. The number of ketones is 1. The third-order valence-electron chi connectivity index (χ3n) is 3.25. The average Bonchev–Trinajstić information content (AvgIpc) is 2.89. The molecule has 132 valence electrons. The highest BCUT2D eigenvalue weighted by Crippen LogP contribution is 2.29. The number of halogens is 3. The van der Waals surface area contributed by atoms with Gasteiger partial charge in [0.25, 0.3) is 0 Å². The highest BCUT2D eigenvalue weighted by molar-refractivity contribution is 6.10. The maximum Gasteiger partial charge on any atom is 0.433 e. The molecule has 0 aliphatic rings. The number of aryl methyl sites for hydroxylation is 1. The molecule has 0 atom stereocenters. The zero-order valence-corrected chi connectivity index (χ0v) is 13.4. The second-order valence-corrected chi connectivity index (χ2v) is 4.94. The van der Waals surface area contributed by atoms with E-state index < -0.39 is 23.5 Å². The van der Waals surface area contributed by atoms with Crippen molar-refractivity contribution in [2.45, 2.75) is 19.7 Å². The first-order valence-corrected chi connectivity index (χ1v) is 7.05. The summed E-state index contributed by atoms with van der Waals surface area (Å²) in [6, 6.07) is 1.71. The Balaban J connectivity index is 2.42. The van der Waals surface area contributed by atoms with Crippen LogP contribution in [0.5, 0.6) is 5.88 Å². The molecule has 2 aromatic heterocycles. The van der Waals surface area contributed by atoms with Gasteiger partial charge in [-0.3, -0.25) is 4.79 Å². The molecule has 0 aromatic carbocycles. The molecular weight excluding hydrogens is 339 g/mol. The molecule has 0 amide bonds. The molecule has 9 heteroatoms. The molecule has 0 radical (unpaired) electrons. The average molecular weight is 353 g/mol. The van der Waals surface area contributed by atoms with Gasteiger partial charge in [-0.05, 0) is 19.1 Å². The van der Waals surface area contributed by atoms with Crippen molar-refractivity contribution in [3.63, 3.8) is 0 Å². The van der Waals surface area contributed by atoms with Crippen LogP contribution < -0.4 is 0 Å². The third kappa shape index (κ3) is 4.16. The van der Waals surface area contributed by atoms with Crippen molar-refractivity contribution < 1.29 is 27.8 Å². The van der Waals surface area contributed by atoms with E-state index in [9.17, 15) is 23.1 Å². The monoisotopic (exact) mass is 353 g/mol. The largest absolute Gasteiger partial charge is 0.493 e. The van der Waals surface area contributed by atoms with E-state index >= 15 is 0 Å². The summed E-state index contributed by atoms with van der Waals surface area (Å²) in [7, 11) is 1.42. The molecule has 0 saturated heterocycles. The van der Waals surface area contributed by atoms with E-state index in [1.807, 2.05) is 0 Å². The Morgan fingerprint density at radius 2 is 2.08 bits per heavy atom. The highest BCUT2D eigenvalue weighted by Gasteiger charge is 2.34. The number of carbonyl (C=O) groups excluding carboxylic acids is 1. The first kappa shape index (κ1) is 18.5. The van der Waals surface area contributed by atoms with Gasteiger partial charge in [-0.1, -0.05) is 5.92 Å². The molecule has 0 bridgehead atoms. The topological polar surface area (TPSA) is 77.2 Å². The lowest BCUT2D eigenvalue weighted by molar-refractivity contribution is -0.141. The van der Waals surface area contributed by atoms with Gasteiger partial charge in [0.1, 0.15) is 17.9 Å². The van der Waals surface area contributed by atoms with Crippen molar-refractivity contribution >= 4 is 5.78 Å². The Morgan fingerprint density at radius 3 is 2.64 bits per heavy atom. The molecule has 0 aliphatic heterocycles. The summed E-state index contributed by atoms with van der Waals surface area (Å²) >= 11 is 0. The molecule has 2 aromatic rings. The van der Waals surface area contributed by atoms with Crippen LogP contribution in [0.25, 0.3) is 0 Å². The van der Waals surface area contributed by atoms with Gasteiger partial charge in [-0.15, -0.1) is 5.92 Å². The number of rotatable bonds is 5. The summed E-state index contributed by atoms with van der Waals surface area (Å²) in [6.45, 7) is 1.24. The van der Waals surface area contributed by atoms with Gasteiger partial charge in [0.05, 0.1) is 18.5 Å². The van der Waals surface area contributed by atoms with Crippen molar-refractivity contribution in [1.29, 1.82) is 0 Å². The van der Waals surface area contributed by atoms with Crippen LogP contribution in [0.2, 0.25) is 0 Å². The summed E-state index contributed by atoms with van der Waals surface area (Å²) in [5, 5.41) is 13.6. The number of carbonyl (C=O) groups is 1. The fourth-order valence-corrected chi connectivity index (χ4v) is 1.98. The predicted octanol–water partition coefficient (Wildman–Crippen LogP) is 2.31. The number of aromatic nitrogens is 3. The first-order chi connectivity index (χ1) is 11.8. The van der Waals surface area contributed by atoms with Crippen LogP contribution in [0.15, 0.2) is 18.3 Å². The summed E-state index contributed by atoms with van der Waals surface area (Å²) in [5.74, 6) is 4.08. The Labute approximate surface area is 141 Å². The van der Waals surface area contributed by atoms with Gasteiger partial charge in [-0.25, -0.2) is 9.67 Å². The van der Waals surface area contributed by atoms with Crippen LogP contribution in [-0.4, -0.2) is 32.3 Å². The van der Waals surface area contributed by atoms with Crippen molar-refractivity contribution in [2.75, 3.05) is 6.61 Å². The summed E-state index contributed by atoms with van der Waals surface area (Å²) in [5.41, 5.74) is -1.58. The van der Waals surface area contributed by atoms with Crippen LogP contribution in [0, 0.1) is 11.8 Å². The van der Waals surface area contributed by atoms with Gasteiger partial charge in [-0.2, -0.15) is 18.3 Å². The minimum absolute atomic E-state index is 0.0137. The SMILES string of the molecule is CC#CCOCc1nc(C(F)(F)F)ccc1C(=O)c1cnn(C)c1O. The smallest absolute Gasteiger partial charge is 0.433 e. The number of pyridine rings is 1. The van der Waals surface area contributed by atoms with Crippen molar-refractivity contribution in [3.8, 4) is 17.7 Å². The quantitative estimate of drug-likeness (QED) is 0.507. The molecule has 0 spiro atoms. The Kier molecular flexibility index (Phi) is 5.44. The molecule has 0 fully saturated rings. The minimum atomic E-state index is -4.66. The van der Waals surface area contributed by atoms with Crippen LogP contribution in [0.4, 0.5) is 13.2 Å². The van der Waals surface area contributed by atoms with Gasteiger partial charge in [0.2, 0.25) is 11.7 Å². The molecule has 25 heavy (non-hydrogen) atoms. The van der Waals surface area contributed by atoms with Crippen LogP contribution in [0.3, 0.4) is 0 Å². The standard InChI is InChI=1S/C16H14F3N3O3/c1-3-4-7-25-9-12-10(5-6-13(21-12)16(17,18)19)14(23)11-8-20-22(2)15(11)24/h5-6,8,24H,7,9H2,1-2H3. The van der Waals surface area contributed by atoms with E-state index in [2.05, 4.69) is 21.9 Å². The lowest BCUT2D eigenvalue weighted by atomic mass is 10.0. The van der Waals surface area contributed by atoms with E-state index in [4.69, 9.17) is 4.74 Å². The number of nitrogens with zero attached hydrogens (tertiary/aromatic N) is 3. The van der Waals surface area contributed by atoms with Crippen LogP contribution in [0.1, 0.15) is 34.2 Å². The Hall–Kier alpha value is -2.86. The maximum atomic E-state index is 12.9. The predicted molar refractivity (Wildman–Crippen MR) is 80.7 cm³/mol. The van der Waals surface area contributed by atoms with E-state index in [1.165, 1.54) is 7.05 Å². The zero-order valence-electron chi connectivity index (χ0n) is 13.4. The van der Waals surface area contributed by atoms with Crippen molar-refractivity contribution in [1.82, 2.24) is 14.8 Å². The number of aromatic hydroxyl groups is 1. The second kappa shape index (κ2) is 7.36. The van der Waals surface area contributed by atoms with Crippen molar-refractivity contribution in [3.05, 3.63) is 40.8 Å². The van der Waals surface area contributed by atoms with Gasteiger partial charge >= 0.3 is 6.18 Å². The Bertz CT molecular complexity index is 848. The second-order valence-electron chi connectivity index (χ2n) is 4.94. The molecule has 2 rings (SSSR count). The number of ether oxygens (including phenoxy) is 1. The van der Waals surface area contributed by atoms with E-state index in [1.54, 1.807) is 6.92 Å². The zero-order chi connectivity index (χ0) is 18.6. The number of hydrogen-bond acceptors (Lipinski definition) is 5. The van der Waals surface area contributed by atoms with Gasteiger partial charge in [0, 0.05) is 12.6 Å². The van der Waals surface area contributed by atoms with E-state index in [0.29, 0.717) is 6.07 Å². The molecule has 2 heterocycles. The molecule has 0 saturated carbocycles. The molecule has 0 unspecified atom stereocenters. The van der Waals surface area contributed by atoms with Crippen molar-refractivity contribution in [2.24, 2.45) is 7.05 Å². The lowest BCUT2D eigenvalue weighted by Gasteiger charge is -2.11. The Morgan fingerprint density at radius 1 is 1.36 bits per heavy atom. The lowest BCUT2D eigenvalue weighted by Crippen LogP contribution is -2.14. The third-order valence-corrected chi connectivity index (χ3v) is 3.25.